The Morgan fingerprint density at radius 3 is 2.60 bits per heavy atom. The number of aryl methyl sites for hydroxylation is 1. The van der Waals surface area contributed by atoms with Crippen LogP contribution in [-0.4, -0.2) is 23.5 Å². The molecule has 1 heterocycles. The molecule has 3 rings (SSSR count). The molecule has 0 saturated heterocycles. The van der Waals surface area contributed by atoms with Crippen LogP contribution in [0.1, 0.15) is 16.1 Å². The molecule has 1 aromatic heterocycles. The number of pyridine rings is 1. The van der Waals surface area contributed by atoms with Crippen LogP contribution < -0.4 is 5.32 Å². The zero-order valence-electron chi connectivity index (χ0n) is 13.5. The number of carbonyl (C=O) groups is 2. The van der Waals surface area contributed by atoms with E-state index in [0.717, 1.165) is 0 Å². The van der Waals surface area contributed by atoms with Crippen LogP contribution in [0.3, 0.4) is 0 Å². The summed E-state index contributed by atoms with van der Waals surface area (Å²) in [6.07, 6.45) is 0. The molecule has 0 saturated carbocycles. The van der Waals surface area contributed by atoms with Gasteiger partial charge in [-0.1, -0.05) is 29.8 Å². The maximum absolute atomic E-state index is 12.4. The summed E-state index contributed by atoms with van der Waals surface area (Å²) in [6.45, 7) is 1.42. The van der Waals surface area contributed by atoms with E-state index in [1.54, 1.807) is 43.3 Å². The largest absolute Gasteiger partial charge is 0.452 e. The van der Waals surface area contributed by atoms with E-state index >= 15 is 0 Å². The van der Waals surface area contributed by atoms with Crippen molar-refractivity contribution in [2.45, 2.75) is 6.92 Å². The molecule has 1 N–H and O–H groups in total. The molecule has 6 heteroatoms. The number of aromatic nitrogens is 1. The van der Waals surface area contributed by atoms with Gasteiger partial charge in [-0.3, -0.25) is 9.78 Å². The van der Waals surface area contributed by atoms with Gasteiger partial charge in [0.05, 0.1) is 11.1 Å². The quantitative estimate of drug-likeness (QED) is 0.719. The number of fused-ring (bicyclic) bond motifs is 1. The lowest BCUT2D eigenvalue weighted by atomic mass is 10.1. The SMILES string of the molecule is Cc1cc(C(=O)OCC(=O)Nc2ccc(Cl)cc2)c2ccccc2n1. The van der Waals surface area contributed by atoms with Crippen molar-refractivity contribution in [1.29, 1.82) is 0 Å². The molecule has 0 spiro atoms. The normalized spacial score (nSPS) is 10.5. The maximum atomic E-state index is 12.4. The lowest BCUT2D eigenvalue weighted by Gasteiger charge is -2.09. The molecule has 0 aliphatic rings. The van der Waals surface area contributed by atoms with E-state index in [2.05, 4.69) is 10.3 Å². The third kappa shape index (κ3) is 4.14. The summed E-state index contributed by atoms with van der Waals surface area (Å²) in [5.74, 6) is -0.987. The van der Waals surface area contributed by atoms with Crippen LogP contribution in [-0.2, 0) is 9.53 Å². The summed E-state index contributed by atoms with van der Waals surface area (Å²) in [4.78, 5) is 28.7. The first-order valence-electron chi connectivity index (χ1n) is 7.62. The zero-order chi connectivity index (χ0) is 17.8. The first-order chi connectivity index (χ1) is 12.0. The fraction of sp³-hybridized carbons (Fsp3) is 0.105. The van der Waals surface area contributed by atoms with Crippen LogP contribution in [0.15, 0.2) is 54.6 Å². The molecule has 1 amide bonds. The van der Waals surface area contributed by atoms with Crippen LogP contribution in [0.25, 0.3) is 10.9 Å². The Hall–Kier alpha value is -2.92. The summed E-state index contributed by atoms with van der Waals surface area (Å²) in [6, 6.07) is 15.6. The Morgan fingerprint density at radius 2 is 1.84 bits per heavy atom. The number of carbonyl (C=O) groups excluding carboxylic acids is 2. The highest BCUT2D eigenvalue weighted by Crippen LogP contribution is 2.19. The van der Waals surface area contributed by atoms with Gasteiger partial charge >= 0.3 is 5.97 Å². The van der Waals surface area contributed by atoms with E-state index in [0.29, 0.717) is 32.9 Å². The van der Waals surface area contributed by atoms with Crippen LogP contribution in [0.5, 0.6) is 0 Å². The van der Waals surface area contributed by atoms with Gasteiger partial charge in [0, 0.05) is 21.8 Å². The molecule has 2 aromatic carbocycles. The number of para-hydroxylation sites is 1. The highest BCUT2D eigenvalue weighted by atomic mass is 35.5. The van der Waals surface area contributed by atoms with Crippen molar-refractivity contribution in [3.05, 3.63) is 70.9 Å². The van der Waals surface area contributed by atoms with E-state index in [4.69, 9.17) is 16.3 Å². The van der Waals surface area contributed by atoms with Crippen molar-refractivity contribution in [2.24, 2.45) is 0 Å². The third-order valence-corrected chi connectivity index (χ3v) is 3.78. The standard InChI is InChI=1S/C19H15ClN2O3/c1-12-10-16(15-4-2-3-5-17(15)21-12)19(24)25-11-18(23)22-14-8-6-13(20)7-9-14/h2-10H,11H2,1H3,(H,22,23). The molecule has 0 atom stereocenters. The molecule has 0 bridgehead atoms. The van der Waals surface area contributed by atoms with E-state index in [9.17, 15) is 9.59 Å². The Kier molecular flexibility index (Phi) is 4.95. The van der Waals surface area contributed by atoms with Gasteiger partial charge in [-0.25, -0.2) is 4.79 Å². The second-order valence-corrected chi connectivity index (χ2v) is 5.90. The fourth-order valence-corrected chi connectivity index (χ4v) is 2.54. The Balaban J connectivity index is 1.68. The molecule has 3 aromatic rings. The highest BCUT2D eigenvalue weighted by molar-refractivity contribution is 6.30. The van der Waals surface area contributed by atoms with Crippen molar-refractivity contribution >= 4 is 40.1 Å². The van der Waals surface area contributed by atoms with Crippen molar-refractivity contribution in [1.82, 2.24) is 4.98 Å². The number of halogens is 1. The van der Waals surface area contributed by atoms with Gasteiger partial charge in [0.25, 0.3) is 5.91 Å². The number of rotatable bonds is 4. The molecule has 0 unspecified atom stereocenters. The lowest BCUT2D eigenvalue weighted by molar-refractivity contribution is -0.119. The molecule has 25 heavy (non-hydrogen) atoms. The van der Waals surface area contributed by atoms with Gasteiger partial charge in [0.1, 0.15) is 0 Å². The van der Waals surface area contributed by atoms with Gasteiger partial charge in [-0.05, 0) is 43.3 Å². The van der Waals surface area contributed by atoms with Crippen LogP contribution in [0, 0.1) is 6.92 Å². The topological polar surface area (TPSA) is 68.3 Å². The molecular weight excluding hydrogens is 340 g/mol. The third-order valence-electron chi connectivity index (χ3n) is 3.53. The molecule has 0 aliphatic heterocycles. The average molecular weight is 355 g/mol. The van der Waals surface area contributed by atoms with Gasteiger partial charge in [0.2, 0.25) is 0 Å². The van der Waals surface area contributed by atoms with Gasteiger partial charge in [-0.15, -0.1) is 0 Å². The number of nitrogens with one attached hydrogen (secondary N) is 1. The number of amides is 1. The van der Waals surface area contributed by atoms with Gasteiger partial charge in [0.15, 0.2) is 6.61 Å². The number of hydrogen-bond donors (Lipinski definition) is 1. The number of hydrogen-bond acceptors (Lipinski definition) is 4. The molecule has 0 radical (unpaired) electrons. The number of esters is 1. The molecule has 5 nitrogen and oxygen atoms in total. The van der Waals surface area contributed by atoms with Gasteiger partial charge < -0.3 is 10.1 Å². The van der Waals surface area contributed by atoms with E-state index in [-0.39, 0.29) is 6.61 Å². The Morgan fingerprint density at radius 1 is 1.12 bits per heavy atom. The van der Waals surface area contributed by atoms with E-state index in [1.165, 1.54) is 0 Å². The Labute approximate surface area is 149 Å². The summed E-state index contributed by atoms with van der Waals surface area (Å²) in [5, 5.41) is 3.90. The fourth-order valence-electron chi connectivity index (χ4n) is 2.42. The minimum atomic E-state index is -0.562. The van der Waals surface area contributed by atoms with Crippen molar-refractivity contribution in [3.63, 3.8) is 0 Å². The van der Waals surface area contributed by atoms with Crippen LogP contribution in [0.4, 0.5) is 5.69 Å². The molecular formula is C19H15ClN2O3. The summed E-state index contributed by atoms with van der Waals surface area (Å²) >= 11 is 5.79. The zero-order valence-corrected chi connectivity index (χ0v) is 14.2. The Bertz CT molecular complexity index is 939. The first kappa shape index (κ1) is 16.9. The summed E-state index contributed by atoms with van der Waals surface area (Å²) in [5.41, 5.74) is 2.38. The first-order valence-corrected chi connectivity index (χ1v) is 7.99. The number of anilines is 1. The van der Waals surface area contributed by atoms with Crippen LogP contribution >= 0.6 is 11.6 Å². The second-order valence-electron chi connectivity index (χ2n) is 5.46. The minimum Gasteiger partial charge on any atom is -0.452 e. The maximum Gasteiger partial charge on any atom is 0.339 e. The predicted octanol–water partition coefficient (Wildman–Crippen LogP) is 3.99. The molecule has 0 aliphatic carbocycles. The van der Waals surface area contributed by atoms with Crippen molar-refractivity contribution < 1.29 is 14.3 Å². The predicted molar refractivity (Wildman–Crippen MR) is 96.8 cm³/mol. The van der Waals surface area contributed by atoms with E-state index < -0.39 is 11.9 Å². The molecule has 0 fully saturated rings. The number of ether oxygens (including phenoxy) is 1. The monoisotopic (exact) mass is 354 g/mol. The van der Waals surface area contributed by atoms with Crippen molar-refractivity contribution in [2.75, 3.05) is 11.9 Å². The van der Waals surface area contributed by atoms with Crippen LogP contribution in [0.2, 0.25) is 5.02 Å². The number of nitrogens with zero attached hydrogens (tertiary/aromatic N) is 1. The molecule has 126 valence electrons. The lowest BCUT2D eigenvalue weighted by Crippen LogP contribution is -2.21. The highest BCUT2D eigenvalue weighted by Gasteiger charge is 2.15. The smallest absolute Gasteiger partial charge is 0.339 e. The van der Waals surface area contributed by atoms with Gasteiger partial charge in [-0.2, -0.15) is 0 Å². The summed E-state index contributed by atoms with van der Waals surface area (Å²) in [7, 11) is 0. The average Bonchev–Trinajstić information content (AvgIpc) is 2.61. The van der Waals surface area contributed by atoms with E-state index in [1.807, 2.05) is 18.2 Å². The summed E-state index contributed by atoms with van der Waals surface area (Å²) < 4.78 is 5.14. The van der Waals surface area contributed by atoms with Crippen molar-refractivity contribution in [3.8, 4) is 0 Å². The second kappa shape index (κ2) is 7.32. The number of benzene rings is 2. The minimum absolute atomic E-state index is 0.378.